The van der Waals surface area contributed by atoms with Crippen LogP contribution in [0.5, 0.6) is 0 Å². The minimum atomic E-state index is 0.307. The second kappa shape index (κ2) is 5.10. The molecule has 3 heteroatoms. The van der Waals surface area contributed by atoms with E-state index in [2.05, 4.69) is 16.7 Å². The molecule has 0 aromatic heterocycles. The number of hydrogen-bond donors (Lipinski definition) is 1. The zero-order chi connectivity index (χ0) is 12.6. The normalized spacial score (nSPS) is 33.5. The maximum atomic E-state index is 6.21. The van der Waals surface area contributed by atoms with E-state index >= 15 is 0 Å². The fourth-order valence-electron chi connectivity index (χ4n) is 3.60. The summed E-state index contributed by atoms with van der Waals surface area (Å²) >= 11 is 0. The van der Waals surface area contributed by atoms with Gasteiger partial charge in [0, 0.05) is 37.8 Å². The SMILES string of the molecule is CCCN(CC1CC1)C1(CN)CCN(C2CC2)C1. The Hall–Kier alpha value is -0.120. The van der Waals surface area contributed by atoms with E-state index in [4.69, 9.17) is 5.73 Å². The molecule has 0 aromatic rings. The summed E-state index contributed by atoms with van der Waals surface area (Å²) in [6.45, 7) is 8.23. The monoisotopic (exact) mass is 251 g/mol. The van der Waals surface area contributed by atoms with Gasteiger partial charge in [-0.25, -0.2) is 0 Å². The van der Waals surface area contributed by atoms with Gasteiger partial charge in [0.15, 0.2) is 0 Å². The van der Waals surface area contributed by atoms with Gasteiger partial charge in [-0.3, -0.25) is 9.80 Å². The average molecular weight is 251 g/mol. The topological polar surface area (TPSA) is 32.5 Å². The molecule has 1 saturated heterocycles. The van der Waals surface area contributed by atoms with E-state index in [-0.39, 0.29) is 0 Å². The molecule has 1 atom stereocenters. The maximum absolute atomic E-state index is 6.21. The molecule has 1 heterocycles. The van der Waals surface area contributed by atoms with E-state index in [1.54, 1.807) is 0 Å². The van der Waals surface area contributed by atoms with Crippen molar-refractivity contribution < 1.29 is 0 Å². The van der Waals surface area contributed by atoms with Crippen LogP contribution in [0.25, 0.3) is 0 Å². The van der Waals surface area contributed by atoms with Crippen LogP contribution in [-0.4, -0.2) is 54.1 Å². The van der Waals surface area contributed by atoms with Crippen molar-refractivity contribution in [3.05, 3.63) is 0 Å². The van der Waals surface area contributed by atoms with Crippen LogP contribution < -0.4 is 5.73 Å². The molecule has 1 unspecified atom stereocenters. The minimum absolute atomic E-state index is 0.307. The summed E-state index contributed by atoms with van der Waals surface area (Å²) < 4.78 is 0. The first-order valence-electron chi connectivity index (χ1n) is 7.96. The lowest BCUT2D eigenvalue weighted by Crippen LogP contribution is -2.56. The predicted molar refractivity (Wildman–Crippen MR) is 75.6 cm³/mol. The Kier molecular flexibility index (Phi) is 3.65. The van der Waals surface area contributed by atoms with Crippen LogP contribution in [0, 0.1) is 5.92 Å². The average Bonchev–Trinajstić information content (AvgIpc) is 3.29. The van der Waals surface area contributed by atoms with Crippen LogP contribution >= 0.6 is 0 Å². The van der Waals surface area contributed by atoms with Gasteiger partial charge in [0.25, 0.3) is 0 Å². The van der Waals surface area contributed by atoms with Gasteiger partial charge >= 0.3 is 0 Å². The molecule has 2 N–H and O–H groups in total. The summed E-state index contributed by atoms with van der Waals surface area (Å²) in [5.41, 5.74) is 6.52. The third kappa shape index (κ3) is 2.59. The molecule has 1 aliphatic heterocycles. The molecule has 3 aliphatic rings. The molecular weight excluding hydrogens is 222 g/mol. The van der Waals surface area contributed by atoms with E-state index in [0.29, 0.717) is 5.54 Å². The zero-order valence-electron chi connectivity index (χ0n) is 11.9. The van der Waals surface area contributed by atoms with Gasteiger partial charge in [0.05, 0.1) is 0 Å². The highest BCUT2D eigenvalue weighted by Crippen LogP contribution is 2.38. The van der Waals surface area contributed by atoms with Crippen LogP contribution in [0.2, 0.25) is 0 Å². The van der Waals surface area contributed by atoms with Crippen LogP contribution in [0.15, 0.2) is 0 Å². The second-order valence-electron chi connectivity index (χ2n) is 6.77. The summed E-state index contributed by atoms with van der Waals surface area (Å²) in [6.07, 6.45) is 8.32. The van der Waals surface area contributed by atoms with Crippen LogP contribution in [0.4, 0.5) is 0 Å². The summed E-state index contributed by atoms with van der Waals surface area (Å²) in [7, 11) is 0. The number of nitrogens with zero attached hydrogens (tertiary/aromatic N) is 2. The van der Waals surface area contributed by atoms with Crippen LogP contribution in [0.3, 0.4) is 0 Å². The number of nitrogens with two attached hydrogens (primary N) is 1. The molecule has 3 rings (SSSR count). The van der Waals surface area contributed by atoms with Gasteiger partial charge in [-0.2, -0.15) is 0 Å². The third-order valence-electron chi connectivity index (χ3n) is 5.14. The van der Waals surface area contributed by atoms with E-state index in [0.717, 1.165) is 18.5 Å². The second-order valence-corrected chi connectivity index (χ2v) is 6.77. The molecule has 18 heavy (non-hydrogen) atoms. The van der Waals surface area contributed by atoms with Crippen LogP contribution in [-0.2, 0) is 0 Å². The molecule has 0 bridgehead atoms. The van der Waals surface area contributed by atoms with Crippen molar-refractivity contribution in [3.63, 3.8) is 0 Å². The number of likely N-dealkylation sites (tertiary alicyclic amines) is 1. The first-order chi connectivity index (χ1) is 8.77. The van der Waals surface area contributed by atoms with Crippen molar-refractivity contribution in [2.24, 2.45) is 11.7 Å². The van der Waals surface area contributed by atoms with Crippen LogP contribution in [0.1, 0.15) is 45.4 Å². The highest BCUT2D eigenvalue weighted by atomic mass is 15.3. The first kappa shape index (κ1) is 12.9. The molecular formula is C15H29N3. The molecule has 0 amide bonds. The molecule has 104 valence electrons. The van der Waals surface area contributed by atoms with Gasteiger partial charge in [0.1, 0.15) is 0 Å². The van der Waals surface area contributed by atoms with Crippen molar-refractivity contribution >= 4 is 0 Å². The Labute approximate surface area is 112 Å². The number of hydrogen-bond acceptors (Lipinski definition) is 3. The lowest BCUT2D eigenvalue weighted by atomic mass is 9.95. The third-order valence-corrected chi connectivity index (χ3v) is 5.14. The smallest absolute Gasteiger partial charge is 0.0470 e. The van der Waals surface area contributed by atoms with Gasteiger partial charge in [0.2, 0.25) is 0 Å². The fourth-order valence-corrected chi connectivity index (χ4v) is 3.60. The summed E-state index contributed by atoms with van der Waals surface area (Å²) in [5.74, 6) is 0.981. The lowest BCUT2D eigenvalue weighted by molar-refractivity contribution is 0.0917. The highest BCUT2D eigenvalue weighted by Gasteiger charge is 2.46. The molecule has 0 aromatic carbocycles. The van der Waals surface area contributed by atoms with E-state index in [1.807, 2.05) is 0 Å². The Morgan fingerprint density at radius 1 is 1.28 bits per heavy atom. The largest absolute Gasteiger partial charge is 0.329 e. The van der Waals surface area contributed by atoms with E-state index in [9.17, 15) is 0 Å². The Morgan fingerprint density at radius 3 is 2.61 bits per heavy atom. The number of rotatable bonds is 7. The molecule has 3 fully saturated rings. The molecule has 2 saturated carbocycles. The Morgan fingerprint density at radius 2 is 2.06 bits per heavy atom. The van der Waals surface area contributed by atoms with Crippen molar-refractivity contribution in [1.29, 1.82) is 0 Å². The summed E-state index contributed by atoms with van der Waals surface area (Å²) in [6, 6.07) is 0.905. The van der Waals surface area contributed by atoms with Crippen molar-refractivity contribution in [1.82, 2.24) is 9.80 Å². The van der Waals surface area contributed by atoms with E-state index in [1.165, 1.54) is 64.7 Å². The quantitative estimate of drug-likeness (QED) is 0.747. The van der Waals surface area contributed by atoms with Gasteiger partial charge in [-0.1, -0.05) is 6.92 Å². The highest BCUT2D eigenvalue weighted by molar-refractivity contribution is 5.04. The molecule has 0 spiro atoms. The lowest BCUT2D eigenvalue weighted by Gasteiger charge is -2.41. The minimum Gasteiger partial charge on any atom is -0.329 e. The van der Waals surface area contributed by atoms with Crippen molar-refractivity contribution in [2.75, 3.05) is 32.7 Å². The summed E-state index contributed by atoms with van der Waals surface area (Å²) in [4.78, 5) is 5.47. The standard InChI is InChI=1S/C15H29N3/c1-2-8-18(10-13-3-4-13)15(11-16)7-9-17(12-15)14-5-6-14/h13-14H,2-12,16H2,1H3. The van der Waals surface area contributed by atoms with E-state index < -0.39 is 0 Å². The molecule has 3 nitrogen and oxygen atoms in total. The van der Waals surface area contributed by atoms with Gasteiger partial charge in [-0.05, 0) is 51.0 Å². The van der Waals surface area contributed by atoms with Crippen molar-refractivity contribution in [2.45, 2.75) is 57.0 Å². The first-order valence-corrected chi connectivity index (χ1v) is 7.96. The van der Waals surface area contributed by atoms with Gasteiger partial charge < -0.3 is 5.73 Å². The predicted octanol–water partition coefficient (Wildman–Crippen LogP) is 1.67. The van der Waals surface area contributed by atoms with Gasteiger partial charge in [-0.15, -0.1) is 0 Å². The summed E-state index contributed by atoms with van der Waals surface area (Å²) in [5, 5.41) is 0. The fraction of sp³-hybridized carbons (Fsp3) is 1.00. The zero-order valence-corrected chi connectivity index (χ0v) is 11.9. The Balaban J connectivity index is 1.66. The molecule has 0 radical (unpaired) electrons. The maximum Gasteiger partial charge on any atom is 0.0470 e. The van der Waals surface area contributed by atoms with Crippen molar-refractivity contribution in [3.8, 4) is 0 Å². The Bertz CT molecular complexity index is 285. The molecule has 2 aliphatic carbocycles.